The van der Waals surface area contributed by atoms with Crippen LogP contribution in [0.1, 0.15) is 103 Å². The Balaban J connectivity index is 3.19. The van der Waals surface area contributed by atoms with Gasteiger partial charge in [-0.2, -0.15) is 0 Å². The van der Waals surface area contributed by atoms with Gasteiger partial charge in [0.25, 0.3) is 0 Å². The third-order valence-corrected chi connectivity index (χ3v) is 4.64. The zero-order valence-corrected chi connectivity index (χ0v) is 17.7. The van der Waals surface area contributed by atoms with Gasteiger partial charge in [0.1, 0.15) is 0 Å². The summed E-state index contributed by atoms with van der Waals surface area (Å²) in [7, 11) is 0. The first-order valence-electron chi connectivity index (χ1n) is 11.2. The second kappa shape index (κ2) is 22.2. The molecule has 0 aromatic heterocycles. The molecule has 0 aliphatic carbocycles. The minimum atomic E-state index is -0.121. The zero-order chi connectivity index (χ0) is 20.7. The maximum atomic E-state index is 11.5. The molecule has 0 saturated carbocycles. The van der Waals surface area contributed by atoms with Crippen molar-refractivity contribution in [2.75, 3.05) is 26.4 Å². The van der Waals surface area contributed by atoms with Gasteiger partial charge in [-0.25, -0.2) is 0 Å². The molecule has 0 rings (SSSR count). The van der Waals surface area contributed by atoms with Gasteiger partial charge in [-0.05, 0) is 38.5 Å². The summed E-state index contributed by atoms with van der Waals surface area (Å²) in [6.07, 6.45) is 14.5. The third-order valence-electron chi connectivity index (χ3n) is 4.64. The average Bonchev–Trinajstić information content (AvgIpc) is 2.69. The Kier molecular flexibility index (Phi) is 21.3. The van der Waals surface area contributed by atoms with Crippen molar-refractivity contribution in [3.63, 3.8) is 0 Å². The first-order valence-corrected chi connectivity index (χ1v) is 11.2. The summed E-state index contributed by atoms with van der Waals surface area (Å²) in [5.74, 6) is -0.243. The van der Waals surface area contributed by atoms with Crippen molar-refractivity contribution in [3.05, 3.63) is 0 Å². The summed E-state index contributed by atoms with van der Waals surface area (Å²) in [4.78, 5) is 22.9. The number of hydrogen-bond donors (Lipinski definition) is 2. The number of carbonyl (C=O) groups is 2. The van der Waals surface area contributed by atoms with E-state index in [9.17, 15) is 9.59 Å². The second-order valence-electron chi connectivity index (χ2n) is 7.34. The van der Waals surface area contributed by atoms with E-state index in [1.807, 2.05) is 0 Å². The van der Waals surface area contributed by atoms with Crippen molar-refractivity contribution in [2.24, 2.45) is 0 Å². The highest BCUT2D eigenvalue weighted by molar-refractivity contribution is 5.69. The maximum absolute atomic E-state index is 11.5. The maximum Gasteiger partial charge on any atom is 0.305 e. The van der Waals surface area contributed by atoms with Crippen molar-refractivity contribution in [1.82, 2.24) is 0 Å². The number of unbranched alkanes of at least 4 members (excludes halogenated alkanes) is 11. The van der Waals surface area contributed by atoms with Crippen molar-refractivity contribution in [1.29, 1.82) is 0 Å². The van der Waals surface area contributed by atoms with E-state index in [0.29, 0.717) is 26.1 Å². The van der Waals surface area contributed by atoms with E-state index < -0.39 is 0 Å². The smallest absolute Gasteiger partial charge is 0.305 e. The lowest BCUT2D eigenvalue weighted by atomic mass is 10.1. The lowest BCUT2D eigenvalue weighted by Crippen LogP contribution is -2.06. The summed E-state index contributed by atoms with van der Waals surface area (Å²) >= 11 is 0. The van der Waals surface area contributed by atoms with Gasteiger partial charge in [0, 0.05) is 26.1 Å². The van der Waals surface area contributed by atoms with E-state index in [2.05, 4.69) is 0 Å². The first-order chi connectivity index (χ1) is 13.7. The van der Waals surface area contributed by atoms with Gasteiger partial charge in [-0.1, -0.05) is 51.4 Å². The van der Waals surface area contributed by atoms with Gasteiger partial charge in [-0.3, -0.25) is 9.59 Å². The van der Waals surface area contributed by atoms with E-state index in [0.717, 1.165) is 77.0 Å². The summed E-state index contributed by atoms with van der Waals surface area (Å²) < 4.78 is 10.4. The molecule has 0 unspecified atom stereocenters. The predicted octanol–water partition coefficient (Wildman–Crippen LogP) is 4.30. The molecule has 28 heavy (non-hydrogen) atoms. The molecule has 0 spiro atoms. The molecular formula is C22H42O6. The van der Waals surface area contributed by atoms with Gasteiger partial charge in [0.05, 0.1) is 13.2 Å². The Labute approximate surface area is 171 Å². The molecule has 0 fully saturated rings. The highest BCUT2D eigenvalue weighted by Gasteiger charge is 2.03. The first kappa shape index (κ1) is 26.9. The summed E-state index contributed by atoms with van der Waals surface area (Å²) in [6, 6.07) is 0. The Morgan fingerprint density at radius 1 is 0.464 bits per heavy atom. The monoisotopic (exact) mass is 402 g/mol. The van der Waals surface area contributed by atoms with Gasteiger partial charge in [-0.15, -0.1) is 0 Å². The van der Waals surface area contributed by atoms with Crippen LogP contribution in [0.25, 0.3) is 0 Å². The van der Waals surface area contributed by atoms with Crippen LogP contribution in [-0.2, 0) is 19.1 Å². The van der Waals surface area contributed by atoms with Gasteiger partial charge < -0.3 is 19.7 Å². The van der Waals surface area contributed by atoms with Gasteiger partial charge >= 0.3 is 11.9 Å². The molecule has 0 saturated heterocycles. The Morgan fingerprint density at radius 2 is 0.786 bits per heavy atom. The minimum Gasteiger partial charge on any atom is -0.466 e. The number of aliphatic hydroxyl groups excluding tert-OH is 2. The van der Waals surface area contributed by atoms with Crippen LogP contribution in [-0.4, -0.2) is 48.6 Å². The Bertz CT molecular complexity index is 325. The standard InChI is InChI=1S/C22H42O6/c23-17-11-7-9-15-21(25)27-19-13-5-3-1-2-4-6-14-20-28-22(26)16-10-8-12-18-24/h23-24H,1-20H2. The molecule has 0 aliphatic rings. The lowest BCUT2D eigenvalue weighted by Gasteiger charge is -2.06. The largest absolute Gasteiger partial charge is 0.466 e. The summed E-state index contributed by atoms with van der Waals surface area (Å²) in [5, 5.41) is 17.3. The van der Waals surface area contributed by atoms with Crippen LogP contribution >= 0.6 is 0 Å². The molecule has 0 aromatic rings. The minimum absolute atomic E-state index is 0.121. The SMILES string of the molecule is O=C(CCCCCO)OCCCCCCCCCCOC(=O)CCCCCO. The van der Waals surface area contributed by atoms with Crippen LogP contribution in [0.5, 0.6) is 0 Å². The number of aliphatic hydroxyl groups is 2. The normalized spacial score (nSPS) is 10.8. The van der Waals surface area contributed by atoms with Crippen LogP contribution in [0.2, 0.25) is 0 Å². The number of ether oxygens (including phenoxy) is 2. The highest BCUT2D eigenvalue weighted by Crippen LogP contribution is 2.10. The highest BCUT2D eigenvalue weighted by atomic mass is 16.5. The van der Waals surface area contributed by atoms with E-state index in [1.54, 1.807) is 0 Å². The third kappa shape index (κ3) is 21.2. The summed E-state index contributed by atoms with van der Waals surface area (Å²) in [5.41, 5.74) is 0. The number of carbonyl (C=O) groups excluding carboxylic acids is 2. The summed E-state index contributed by atoms with van der Waals surface area (Å²) in [6.45, 7) is 1.42. The van der Waals surface area contributed by atoms with Crippen molar-refractivity contribution in [3.8, 4) is 0 Å². The van der Waals surface area contributed by atoms with Gasteiger partial charge in [0.15, 0.2) is 0 Å². The van der Waals surface area contributed by atoms with E-state index in [1.165, 1.54) is 12.8 Å². The predicted molar refractivity (Wildman–Crippen MR) is 110 cm³/mol. The Morgan fingerprint density at radius 3 is 1.14 bits per heavy atom. The molecular weight excluding hydrogens is 360 g/mol. The average molecular weight is 403 g/mol. The fourth-order valence-corrected chi connectivity index (χ4v) is 2.90. The molecule has 166 valence electrons. The van der Waals surface area contributed by atoms with Crippen molar-refractivity contribution in [2.45, 2.75) is 103 Å². The zero-order valence-electron chi connectivity index (χ0n) is 17.7. The van der Waals surface area contributed by atoms with E-state index in [-0.39, 0.29) is 25.2 Å². The lowest BCUT2D eigenvalue weighted by molar-refractivity contribution is -0.144. The molecule has 2 N–H and O–H groups in total. The molecule has 0 amide bonds. The fraction of sp³-hybridized carbons (Fsp3) is 0.909. The van der Waals surface area contributed by atoms with Crippen LogP contribution in [0, 0.1) is 0 Å². The van der Waals surface area contributed by atoms with Gasteiger partial charge in [0.2, 0.25) is 0 Å². The number of hydrogen-bond acceptors (Lipinski definition) is 6. The van der Waals surface area contributed by atoms with Crippen molar-refractivity contribution >= 4 is 11.9 Å². The topological polar surface area (TPSA) is 93.1 Å². The molecule has 0 aliphatic heterocycles. The van der Waals surface area contributed by atoms with Crippen LogP contribution in [0.3, 0.4) is 0 Å². The van der Waals surface area contributed by atoms with E-state index >= 15 is 0 Å². The Hall–Kier alpha value is -1.14. The molecule has 0 radical (unpaired) electrons. The molecule has 0 atom stereocenters. The fourth-order valence-electron chi connectivity index (χ4n) is 2.90. The van der Waals surface area contributed by atoms with Crippen LogP contribution < -0.4 is 0 Å². The number of rotatable bonds is 21. The quantitative estimate of drug-likeness (QED) is 0.220. The van der Waals surface area contributed by atoms with Crippen molar-refractivity contribution < 1.29 is 29.3 Å². The van der Waals surface area contributed by atoms with E-state index in [4.69, 9.17) is 19.7 Å². The second-order valence-corrected chi connectivity index (χ2v) is 7.34. The molecule has 0 bridgehead atoms. The molecule has 0 aromatic carbocycles. The molecule has 6 heteroatoms. The molecule has 0 heterocycles. The van der Waals surface area contributed by atoms with Crippen LogP contribution in [0.15, 0.2) is 0 Å². The van der Waals surface area contributed by atoms with Crippen LogP contribution in [0.4, 0.5) is 0 Å². The molecule has 6 nitrogen and oxygen atoms in total. The number of esters is 2.